The summed E-state index contributed by atoms with van der Waals surface area (Å²) in [6.07, 6.45) is 0. The number of hydrogen-bond acceptors (Lipinski definition) is 4. The van der Waals surface area contributed by atoms with Gasteiger partial charge in [0.05, 0.1) is 11.0 Å². The van der Waals surface area contributed by atoms with E-state index in [2.05, 4.69) is 34.1 Å². The maximum absolute atomic E-state index is 11.4. The van der Waals surface area contributed by atoms with Crippen molar-refractivity contribution in [1.82, 2.24) is 9.80 Å². The summed E-state index contributed by atoms with van der Waals surface area (Å²) >= 11 is 0. The summed E-state index contributed by atoms with van der Waals surface area (Å²) in [5, 5.41) is 11.4. The molecule has 0 aromatic heterocycles. The highest BCUT2D eigenvalue weighted by Crippen LogP contribution is 2.49. The number of nitrogens with zero attached hydrogens (tertiary/aromatic N) is 2. The van der Waals surface area contributed by atoms with Crippen LogP contribution in [0.3, 0.4) is 0 Å². The van der Waals surface area contributed by atoms with Gasteiger partial charge >= 0.3 is 0 Å². The van der Waals surface area contributed by atoms with E-state index in [0.717, 1.165) is 39.3 Å². The molecule has 20 heavy (non-hydrogen) atoms. The van der Waals surface area contributed by atoms with E-state index < -0.39 is 5.60 Å². The molecule has 0 spiro atoms. The van der Waals surface area contributed by atoms with Crippen molar-refractivity contribution in [3.63, 3.8) is 0 Å². The summed E-state index contributed by atoms with van der Waals surface area (Å²) in [5.41, 5.74) is 6.31. The molecular weight excluding hydrogens is 250 g/mol. The molecule has 5 rings (SSSR count). The topological polar surface area (TPSA) is 52.7 Å². The lowest BCUT2D eigenvalue weighted by molar-refractivity contribution is -0.154. The lowest BCUT2D eigenvalue weighted by atomic mass is 9.57. The Bertz CT molecular complexity index is 490. The first kappa shape index (κ1) is 12.8. The van der Waals surface area contributed by atoms with Gasteiger partial charge in [-0.15, -0.1) is 0 Å². The van der Waals surface area contributed by atoms with Crippen molar-refractivity contribution < 1.29 is 5.11 Å². The fourth-order valence-electron chi connectivity index (χ4n) is 4.77. The highest BCUT2D eigenvalue weighted by Gasteiger charge is 2.63. The molecule has 2 unspecified atom stereocenters. The van der Waals surface area contributed by atoms with Gasteiger partial charge in [-0.05, 0) is 5.56 Å². The zero-order chi connectivity index (χ0) is 13.8. The molecule has 4 heteroatoms. The van der Waals surface area contributed by atoms with Crippen LogP contribution in [-0.2, 0) is 5.41 Å². The summed E-state index contributed by atoms with van der Waals surface area (Å²) in [6, 6.07) is 10.5. The SMILES string of the molecule is NC[C@@]1(O)C2CN3CCN(C2)CC1(c1ccccc1)C3. The van der Waals surface area contributed by atoms with E-state index in [1.54, 1.807) is 0 Å². The molecule has 4 aliphatic heterocycles. The Morgan fingerprint density at radius 2 is 1.70 bits per heavy atom. The number of hydrogen-bond donors (Lipinski definition) is 2. The quantitative estimate of drug-likeness (QED) is 0.788. The van der Waals surface area contributed by atoms with Crippen LogP contribution in [0.15, 0.2) is 30.3 Å². The summed E-state index contributed by atoms with van der Waals surface area (Å²) in [5.74, 6) is 0.262. The molecule has 3 N–H and O–H groups in total. The van der Waals surface area contributed by atoms with Gasteiger partial charge in [-0.25, -0.2) is 0 Å². The molecular formula is C16H23N3O. The fourth-order valence-corrected chi connectivity index (χ4v) is 4.77. The number of aliphatic hydroxyl groups is 1. The standard InChI is InChI=1S/C16H23N3O/c17-10-16(20)14-8-18-6-7-19(9-14)12-15(16,11-18)13-4-2-1-3-5-13/h1-5,14,20H,6-12,17H2/t14?,15?,16-/m1/s1. The monoisotopic (exact) mass is 273 g/mol. The van der Waals surface area contributed by atoms with Crippen LogP contribution in [0.4, 0.5) is 0 Å². The second-order valence-electron chi connectivity index (χ2n) is 6.74. The van der Waals surface area contributed by atoms with E-state index in [-0.39, 0.29) is 11.3 Å². The lowest BCUT2D eigenvalue weighted by Crippen LogP contribution is -2.75. The second kappa shape index (κ2) is 4.28. The lowest BCUT2D eigenvalue weighted by Gasteiger charge is -2.60. The van der Waals surface area contributed by atoms with Crippen molar-refractivity contribution in [3.05, 3.63) is 35.9 Å². The van der Waals surface area contributed by atoms with Crippen LogP contribution < -0.4 is 5.73 Å². The Balaban J connectivity index is 1.89. The minimum absolute atomic E-state index is 0.235. The van der Waals surface area contributed by atoms with Gasteiger partial charge < -0.3 is 20.6 Å². The van der Waals surface area contributed by atoms with E-state index in [0.29, 0.717) is 6.54 Å². The molecule has 108 valence electrons. The third-order valence-electron chi connectivity index (χ3n) is 5.82. The van der Waals surface area contributed by atoms with Crippen molar-refractivity contribution in [2.45, 2.75) is 11.0 Å². The summed E-state index contributed by atoms with van der Waals surface area (Å²) in [6.45, 7) is 6.42. The summed E-state index contributed by atoms with van der Waals surface area (Å²) in [4.78, 5) is 5.05. The Morgan fingerprint density at radius 1 is 1.10 bits per heavy atom. The second-order valence-corrected chi connectivity index (χ2v) is 6.74. The average Bonchev–Trinajstić information content (AvgIpc) is 2.74. The van der Waals surface area contributed by atoms with Gasteiger partial charge in [-0.2, -0.15) is 0 Å². The van der Waals surface area contributed by atoms with Crippen molar-refractivity contribution in [2.75, 3.05) is 45.8 Å². The smallest absolute Gasteiger partial charge is 0.0942 e. The van der Waals surface area contributed by atoms with Crippen molar-refractivity contribution >= 4 is 0 Å². The predicted molar refractivity (Wildman–Crippen MR) is 78.5 cm³/mol. The van der Waals surface area contributed by atoms with Crippen molar-refractivity contribution in [3.8, 4) is 0 Å². The normalized spacial score (nSPS) is 46.4. The molecule has 4 heterocycles. The largest absolute Gasteiger partial charge is 0.387 e. The molecule has 4 aliphatic rings. The number of benzene rings is 1. The van der Waals surface area contributed by atoms with Crippen LogP contribution in [0.5, 0.6) is 0 Å². The van der Waals surface area contributed by atoms with E-state index >= 15 is 0 Å². The van der Waals surface area contributed by atoms with Crippen LogP contribution in [-0.4, -0.2) is 66.3 Å². The molecule has 4 fully saturated rings. The first-order valence-electron chi connectivity index (χ1n) is 7.61. The average molecular weight is 273 g/mol. The molecule has 4 nitrogen and oxygen atoms in total. The first-order chi connectivity index (χ1) is 9.68. The van der Waals surface area contributed by atoms with Crippen LogP contribution in [0, 0.1) is 5.92 Å². The molecule has 0 saturated carbocycles. The highest BCUT2D eigenvalue weighted by molar-refractivity contribution is 5.36. The van der Waals surface area contributed by atoms with Crippen molar-refractivity contribution in [2.24, 2.45) is 11.7 Å². The Kier molecular flexibility index (Phi) is 2.73. The Labute approximate surface area is 120 Å². The van der Waals surface area contributed by atoms with Gasteiger partial charge in [0.2, 0.25) is 0 Å². The van der Waals surface area contributed by atoms with Gasteiger partial charge in [0.1, 0.15) is 0 Å². The molecule has 0 amide bonds. The van der Waals surface area contributed by atoms with Crippen LogP contribution >= 0.6 is 0 Å². The van der Waals surface area contributed by atoms with Gasteiger partial charge in [0.15, 0.2) is 0 Å². The molecule has 0 aliphatic carbocycles. The van der Waals surface area contributed by atoms with E-state index in [4.69, 9.17) is 5.73 Å². The zero-order valence-electron chi connectivity index (χ0n) is 11.8. The minimum Gasteiger partial charge on any atom is -0.387 e. The van der Waals surface area contributed by atoms with Crippen LogP contribution in [0.2, 0.25) is 0 Å². The first-order valence-corrected chi connectivity index (χ1v) is 7.61. The number of fused-ring (bicyclic) bond motifs is 1. The van der Waals surface area contributed by atoms with Gasteiger partial charge in [-0.3, -0.25) is 0 Å². The molecule has 4 bridgehead atoms. The predicted octanol–water partition coefficient (Wildman–Crippen LogP) is -0.125. The zero-order valence-corrected chi connectivity index (χ0v) is 11.8. The number of rotatable bonds is 2. The van der Waals surface area contributed by atoms with Gasteiger partial charge in [-0.1, -0.05) is 30.3 Å². The third-order valence-corrected chi connectivity index (χ3v) is 5.82. The van der Waals surface area contributed by atoms with E-state index in [1.807, 2.05) is 6.07 Å². The van der Waals surface area contributed by atoms with Crippen molar-refractivity contribution in [1.29, 1.82) is 0 Å². The maximum atomic E-state index is 11.4. The molecule has 3 atom stereocenters. The highest BCUT2D eigenvalue weighted by atomic mass is 16.3. The fraction of sp³-hybridized carbons (Fsp3) is 0.625. The third kappa shape index (κ3) is 1.51. The van der Waals surface area contributed by atoms with Crippen LogP contribution in [0.1, 0.15) is 5.56 Å². The van der Waals surface area contributed by atoms with E-state index in [9.17, 15) is 5.11 Å². The number of piperidine rings is 2. The molecule has 4 saturated heterocycles. The molecule has 0 radical (unpaired) electrons. The summed E-state index contributed by atoms with van der Waals surface area (Å²) < 4.78 is 0. The maximum Gasteiger partial charge on any atom is 0.0942 e. The van der Waals surface area contributed by atoms with Gasteiger partial charge in [0.25, 0.3) is 0 Å². The summed E-state index contributed by atoms with van der Waals surface area (Å²) in [7, 11) is 0. The van der Waals surface area contributed by atoms with E-state index in [1.165, 1.54) is 5.56 Å². The molecule has 1 aromatic carbocycles. The van der Waals surface area contributed by atoms with Gasteiger partial charge in [0, 0.05) is 51.7 Å². The Hall–Kier alpha value is -0.940. The number of nitrogens with two attached hydrogens (primary N) is 1. The van der Waals surface area contributed by atoms with Crippen LogP contribution in [0.25, 0.3) is 0 Å². The molecule has 1 aromatic rings. The Morgan fingerprint density at radius 3 is 2.25 bits per heavy atom. The minimum atomic E-state index is -0.772.